The lowest BCUT2D eigenvalue weighted by molar-refractivity contribution is 0.273. The summed E-state index contributed by atoms with van der Waals surface area (Å²) in [6.45, 7) is 4.75. The van der Waals surface area contributed by atoms with Crippen LogP contribution in [0.1, 0.15) is 33.1 Å². The molecule has 0 rings (SSSR count). The predicted molar refractivity (Wildman–Crippen MR) is 35.8 cm³/mol. The number of aliphatic hydroxyl groups excluding tert-OH is 1. The molecule has 0 fully saturated rings. The monoisotopic (exact) mass is 116 g/mol. The molecule has 0 unspecified atom stereocenters. The summed E-state index contributed by atoms with van der Waals surface area (Å²) in [5.41, 5.74) is 0. The minimum Gasteiger partial charge on any atom is -0.396 e. The number of hydrogen-bond acceptors (Lipinski definition) is 1. The molecule has 1 heteroatoms. The third-order valence-corrected chi connectivity index (χ3v) is 1.55. The molecule has 0 heterocycles. The van der Waals surface area contributed by atoms with E-state index in [1.165, 1.54) is 12.8 Å². The van der Waals surface area contributed by atoms with Crippen LogP contribution in [-0.2, 0) is 0 Å². The van der Waals surface area contributed by atoms with Gasteiger partial charge in [0.2, 0.25) is 0 Å². The first kappa shape index (κ1) is 7.96. The van der Waals surface area contributed by atoms with E-state index >= 15 is 0 Å². The van der Waals surface area contributed by atoms with Crippen molar-refractivity contribution in [1.82, 2.24) is 0 Å². The van der Waals surface area contributed by atoms with Gasteiger partial charge in [0.25, 0.3) is 0 Å². The van der Waals surface area contributed by atoms with E-state index in [0.29, 0.717) is 6.61 Å². The molecule has 0 aliphatic carbocycles. The van der Waals surface area contributed by atoms with Crippen molar-refractivity contribution in [3.63, 3.8) is 0 Å². The zero-order valence-corrected chi connectivity index (χ0v) is 5.85. The molecule has 0 aliphatic rings. The van der Waals surface area contributed by atoms with Crippen molar-refractivity contribution in [1.29, 1.82) is 0 Å². The second-order valence-corrected chi connectivity index (χ2v) is 2.38. The summed E-state index contributed by atoms with van der Waals surface area (Å²) in [6, 6.07) is 0. The van der Waals surface area contributed by atoms with E-state index in [9.17, 15) is 0 Å². The van der Waals surface area contributed by atoms with Gasteiger partial charge in [0.05, 0.1) is 0 Å². The second kappa shape index (κ2) is 5.10. The van der Waals surface area contributed by atoms with Crippen LogP contribution in [0.3, 0.4) is 0 Å². The Morgan fingerprint density at radius 2 is 2.12 bits per heavy atom. The first-order valence-corrected chi connectivity index (χ1v) is 3.42. The molecule has 0 saturated carbocycles. The van der Waals surface area contributed by atoms with Gasteiger partial charge in [0.1, 0.15) is 0 Å². The molecule has 0 aliphatic heterocycles. The van der Waals surface area contributed by atoms with Crippen LogP contribution in [0.25, 0.3) is 0 Å². The maximum Gasteiger partial charge on any atom is 0.0431 e. The lowest BCUT2D eigenvalue weighted by Gasteiger charge is -2.04. The Morgan fingerprint density at radius 1 is 1.50 bits per heavy atom. The molecule has 0 spiro atoms. The Morgan fingerprint density at radius 3 is 2.50 bits per heavy atom. The summed E-state index contributed by atoms with van der Waals surface area (Å²) in [7, 11) is 0. The summed E-state index contributed by atoms with van der Waals surface area (Å²) >= 11 is 0. The maximum atomic E-state index is 8.41. The molecule has 1 atom stereocenters. The normalized spacial score (nSPS) is 13.9. The lowest BCUT2D eigenvalue weighted by Crippen LogP contribution is -1.93. The van der Waals surface area contributed by atoms with Crippen molar-refractivity contribution in [3.8, 4) is 0 Å². The first-order valence-electron chi connectivity index (χ1n) is 3.42. The van der Waals surface area contributed by atoms with Crippen molar-refractivity contribution >= 4 is 0 Å². The highest BCUT2D eigenvalue weighted by Crippen LogP contribution is 2.07. The van der Waals surface area contributed by atoms with Crippen molar-refractivity contribution in [2.24, 2.45) is 5.92 Å². The van der Waals surface area contributed by atoms with Crippen LogP contribution in [0.2, 0.25) is 0 Å². The zero-order valence-electron chi connectivity index (χ0n) is 5.85. The van der Waals surface area contributed by atoms with Gasteiger partial charge in [-0.1, -0.05) is 20.3 Å². The summed E-state index contributed by atoms with van der Waals surface area (Å²) < 4.78 is 0. The topological polar surface area (TPSA) is 20.2 Å². The highest BCUT2D eigenvalue weighted by atomic mass is 16.2. The Kier molecular flexibility index (Phi) is 5.08. The number of hydrogen-bond donors (Lipinski definition) is 1. The summed E-state index contributed by atoms with van der Waals surface area (Å²) in [5.74, 6) is 0.794. The van der Waals surface area contributed by atoms with Crippen LogP contribution in [0.4, 0.5) is 0 Å². The molecule has 50 valence electrons. The van der Waals surface area contributed by atoms with E-state index in [2.05, 4.69) is 13.8 Å². The fraction of sp³-hybridized carbons (Fsp3) is 1.00. The molecule has 0 saturated heterocycles. The van der Waals surface area contributed by atoms with Crippen LogP contribution < -0.4 is 0 Å². The SMILES string of the molecule is CC[C@@H](C)CCCO. The third-order valence-electron chi connectivity index (χ3n) is 1.55. The van der Waals surface area contributed by atoms with E-state index in [-0.39, 0.29) is 0 Å². The van der Waals surface area contributed by atoms with Crippen LogP contribution >= 0.6 is 0 Å². The number of rotatable bonds is 4. The minimum atomic E-state index is 0.352. The molecule has 0 aromatic carbocycles. The Bertz CT molecular complexity index is 43.7. The van der Waals surface area contributed by atoms with Crippen LogP contribution in [-0.4, -0.2) is 11.7 Å². The minimum absolute atomic E-state index is 0.352. The molecule has 8 heavy (non-hydrogen) atoms. The van der Waals surface area contributed by atoms with Gasteiger partial charge in [-0.05, 0) is 18.8 Å². The summed E-state index contributed by atoms with van der Waals surface area (Å²) in [5, 5.41) is 8.41. The molecule has 1 N–H and O–H groups in total. The van der Waals surface area contributed by atoms with Crippen LogP contribution in [0, 0.1) is 5.92 Å². The van der Waals surface area contributed by atoms with Gasteiger partial charge >= 0.3 is 0 Å². The van der Waals surface area contributed by atoms with E-state index in [1.54, 1.807) is 0 Å². The summed E-state index contributed by atoms with van der Waals surface area (Å²) in [4.78, 5) is 0. The van der Waals surface area contributed by atoms with Gasteiger partial charge in [-0.25, -0.2) is 0 Å². The van der Waals surface area contributed by atoms with Gasteiger partial charge < -0.3 is 5.11 Å². The predicted octanol–water partition coefficient (Wildman–Crippen LogP) is 1.81. The molecule has 0 aromatic rings. The molecule has 0 aromatic heterocycles. The smallest absolute Gasteiger partial charge is 0.0431 e. The highest BCUT2D eigenvalue weighted by molar-refractivity contribution is 4.47. The Labute approximate surface area is 51.7 Å². The van der Waals surface area contributed by atoms with Gasteiger partial charge in [-0.3, -0.25) is 0 Å². The van der Waals surface area contributed by atoms with E-state index in [1.807, 2.05) is 0 Å². The average Bonchev–Trinajstić information content (AvgIpc) is 1.83. The van der Waals surface area contributed by atoms with Gasteiger partial charge in [-0.15, -0.1) is 0 Å². The third kappa shape index (κ3) is 4.13. The van der Waals surface area contributed by atoms with E-state index in [0.717, 1.165) is 12.3 Å². The van der Waals surface area contributed by atoms with Crippen LogP contribution in [0.5, 0.6) is 0 Å². The van der Waals surface area contributed by atoms with Gasteiger partial charge in [0, 0.05) is 6.61 Å². The molecule has 0 amide bonds. The van der Waals surface area contributed by atoms with Crippen molar-refractivity contribution in [2.75, 3.05) is 6.61 Å². The molecule has 0 radical (unpaired) electrons. The quantitative estimate of drug-likeness (QED) is 0.594. The second-order valence-electron chi connectivity index (χ2n) is 2.38. The highest BCUT2D eigenvalue weighted by Gasteiger charge is 1.95. The standard InChI is InChI=1S/C7H16O/c1-3-7(2)5-4-6-8/h7-8H,3-6H2,1-2H3/t7-/m1/s1. The maximum absolute atomic E-state index is 8.41. The lowest BCUT2D eigenvalue weighted by atomic mass is 10.0. The fourth-order valence-electron chi connectivity index (χ4n) is 0.644. The van der Waals surface area contributed by atoms with E-state index < -0.39 is 0 Å². The van der Waals surface area contributed by atoms with Crippen LogP contribution in [0.15, 0.2) is 0 Å². The first-order chi connectivity index (χ1) is 3.81. The van der Waals surface area contributed by atoms with Gasteiger partial charge in [0.15, 0.2) is 0 Å². The zero-order chi connectivity index (χ0) is 6.41. The van der Waals surface area contributed by atoms with E-state index in [4.69, 9.17) is 5.11 Å². The molecule has 0 bridgehead atoms. The fourth-order valence-corrected chi connectivity index (χ4v) is 0.644. The largest absolute Gasteiger partial charge is 0.396 e. The average molecular weight is 116 g/mol. The van der Waals surface area contributed by atoms with Crippen molar-refractivity contribution < 1.29 is 5.11 Å². The Hall–Kier alpha value is -0.0400. The molecule has 1 nitrogen and oxygen atoms in total. The molecular weight excluding hydrogens is 100 g/mol. The molecular formula is C7H16O. The number of aliphatic hydroxyl groups is 1. The Balaban J connectivity index is 2.86. The van der Waals surface area contributed by atoms with Gasteiger partial charge in [-0.2, -0.15) is 0 Å². The van der Waals surface area contributed by atoms with Crippen molar-refractivity contribution in [3.05, 3.63) is 0 Å². The van der Waals surface area contributed by atoms with Crippen molar-refractivity contribution in [2.45, 2.75) is 33.1 Å². The summed E-state index contributed by atoms with van der Waals surface area (Å²) in [6.07, 6.45) is 3.38.